The number of alkyl halides is 13. The number of likely N-dealkylation sites (N-methyl/N-ethyl adjacent to an activating group) is 1. The maximum absolute atomic E-state index is 15.0. The van der Waals surface area contributed by atoms with Gasteiger partial charge in [-0.2, -0.15) is 52.7 Å². The summed E-state index contributed by atoms with van der Waals surface area (Å²) in [6.45, 7) is -1.88. The third-order valence-electron chi connectivity index (χ3n) is 5.15. The molecule has 0 aliphatic heterocycles. The Morgan fingerprint density at radius 3 is 1.89 bits per heavy atom. The Kier molecular flexibility index (Phi) is 10.6. The second kappa shape index (κ2) is 12.6. The van der Waals surface area contributed by atoms with Gasteiger partial charge in [0.25, 0.3) is 5.91 Å². The van der Waals surface area contributed by atoms with Gasteiger partial charge in [-0.25, -0.2) is 8.78 Å². The minimum absolute atomic E-state index is 0.0888. The molecule has 0 aromatic heterocycles. The van der Waals surface area contributed by atoms with Crippen molar-refractivity contribution in [2.24, 2.45) is 0 Å². The largest absolute Gasteiger partial charge is 0.446 e. The van der Waals surface area contributed by atoms with E-state index in [0.717, 1.165) is 6.07 Å². The maximum atomic E-state index is 15.0. The molecule has 2 aromatic rings. The van der Waals surface area contributed by atoms with Crippen LogP contribution in [0.3, 0.4) is 0 Å². The molecule has 0 aliphatic rings. The summed E-state index contributed by atoms with van der Waals surface area (Å²) in [6, 6.07) is 1.44. The molecule has 0 heterocycles. The number of nitrogens with one attached hydrogen (secondary N) is 2. The van der Waals surface area contributed by atoms with Gasteiger partial charge in [0.05, 0.1) is 16.9 Å². The van der Waals surface area contributed by atoms with E-state index in [-0.39, 0.29) is 11.0 Å². The van der Waals surface area contributed by atoms with E-state index in [9.17, 15) is 75.8 Å². The van der Waals surface area contributed by atoms with Gasteiger partial charge in [-0.15, -0.1) is 0 Å². The van der Waals surface area contributed by atoms with E-state index in [0.29, 0.717) is 19.2 Å². The van der Waals surface area contributed by atoms with Crippen LogP contribution in [0.1, 0.15) is 15.9 Å². The van der Waals surface area contributed by atoms with Crippen molar-refractivity contribution < 1.29 is 75.8 Å². The summed E-state index contributed by atoms with van der Waals surface area (Å²) in [6.07, 6.45) is -18.4. The van der Waals surface area contributed by atoms with E-state index in [2.05, 4.69) is 15.9 Å². The van der Waals surface area contributed by atoms with E-state index in [1.807, 2.05) is 0 Å². The first kappa shape index (κ1) is 36.9. The number of hydrogen-bond donors (Lipinski definition) is 2. The minimum atomic E-state index is -6.72. The van der Waals surface area contributed by atoms with Crippen molar-refractivity contribution in [2.75, 3.05) is 24.2 Å². The third kappa shape index (κ3) is 8.45. The van der Waals surface area contributed by atoms with Crippen molar-refractivity contribution in [2.45, 2.75) is 34.6 Å². The van der Waals surface area contributed by atoms with Crippen molar-refractivity contribution in [3.8, 4) is 0 Å². The highest BCUT2D eigenvalue weighted by atomic mass is 79.9. The lowest BCUT2D eigenvalue weighted by Gasteiger charge is -2.31. The van der Waals surface area contributed by atoms with Gasteiger partial charge >= 0.3 is 41.5 Å². The fraction of sp³-hybridized carbons (Fsp3) is 0.318. The van der Waals surface area contributed by atoms with E-state index in [1.165, 1.54) is 0 Å². The Labute approximate surface area is 248 Å². The number of halogens is 15. The van der Waals surface area contributed by atoms with E-state index >= 15 is 0 Å². The molecule has 2 N–H and O–H groups in total. The lowest BCUT2D eigenvalue weighted by Crippen LogP contribution is -2.50. The predicted molar refractivity (Wildman–Crippen MR) is 128 cm³/mol. The van der Waals surface area contributed by atoms with Crippen molar-refractivity contribution in [1.82, 2.24) is 4.90 Å². The van der Waals surface area contributed by atoms with Crippen LogP contribution in [0, 0.1) is 5.82 Å². The summed E-state index contributed by atoms with van der Waals surface area (Å²) < 4.78 is 185. The van der Waals surface area contributed by atoms with Crippen LogP contribution in [0.5, 0.6) is 0 Å². The monoisotopic (exact) mass is 743 g/mol. The van der Waals surface area contributed by atoms with Gasteiger partial charge in [0.1, 0.15) is 6.54 Å². The normalized spacial score (nSPS) is 13.0. The molecule has 2 aromatic carbocycles. The summed E-state index contributed by atoms with van der Waals surface area (Å²) in [5.41, 5.74) is -17.3. The molecule has 0 saturated heterocycles. The molecule has 22 heteroatoms. The number of rotatable bonds is 6. The number of hydrogen-bond acceptors (Lipinski definition) is 4. The molecule has 0 saturated carbocycles. The van der Waals surface area contributed by atoms with Crippen molar-refractivity contribution >= 4 is 56.8 Å². The lowest BCUT2D eigenvalue weighted by molar-refractivity contribution is -0.348. The molecule has 3 amide bonds. The van der Waals surface area contributed by atoms with Gasteiger partial charge in [0.15, 0.2) is 5.82 Å². The molecule has 0 aliphatic carbocycles. The van der Waals surface area contributed by atoms with E-state index in [1.54, 1.807) is 10.6 Å². The van der Waals surface area contributed by atoms with Crippen LogP contribution in [0.15, 0.2) is 39.7 Å². The second-order valence-electron chi connectivity index (χ2n) is 8.38. The van der Waals surface area contributed by atoms with E-state index in [4.69, 9.17) is 0 Å². The average Bonchev–Trinajstić information content (AvgIpc) is 2.82. The lowest BCUT2D eigenvalue weighted by atomic mass is 9.94. The number of anilines is 2. The third-order valence-corrected chi connectivity index (χ3v) is 6.54. The molecular weight excluding hydrogens is 732 g/mol. The molecule has 2 rings (SSSR count). The SMILES string of the molecule is CN(CC(F)(F)F)C(=O)C(=O)Nc1cccc(C(=O)Nc2c(Br)cc(C(F)(C(F)(F)F)C(F)(F)F)cc2SC(F)(F)F)c1F. The van der Waals surface area contributed by atoms with E-state index < -0.39 is 109 Å². The smallest absolute Gasteiger partial charge is 0.328 e. The molecule has 0 radical (unpaired) electrons. The first-order valence-corrected chi connectivity index (χ1v) is 12.5. The predicted octanol–water partition coefficient (Wildman–Crippen LogP) is 7.70. The highest BCUT2D eigenvalue weighted by Gasteiger charge is 2.73. The Hall–Kier alpha value is -3.30. The van der Waals surface area contributed by atoms with Crippen LogP contribution in [0.25, 0.3) is 0 Å². The highest BCUT2D eigenvalue weighted by molar-refractivity contribution is 9.10. The van der Waals surface area contributed by atoms with Crippen LogP contribution in [0.2, 0.25) is 0 Å². The number of benzene rings is 2. The van der Waals surface area contributed by atoms with Crippen LogP contribution >= 0.6 is 27.7 Å². The van der Waals surface area contributed by atoms with Gasteiger partial charge in [-0.05, 0) is 52.0 Å². The summed E-state index contributed by atoms with van der Waals surface area (Å²) in [5, 5.41) is 3.19. The average molecular weight is 744 g/mol. The van der Waals surface area contributed by atoms with Crippen LogP contribution in [0.4, 0.5) is 72.8 Å². The molecule has 244 valence electrons. The fourth-order valence-electron chi connectivity index (χ4n) is 3.27. The Bertz CT molecular complexity index is 1430. The number of thioether (sulfide) groups is 1. The maximum Gasteiger partial charge on any atom is 0.446 e. The highest BCUT2D eigenvalue weighted by Crippen LogP contribution is 2.55. The molecule has 0 fully saturated rings. The summed E-state index contributed by atoms with van der Waals surface area (Å²) in [5.74, 6) is -7.08. The molecule has 0 unspecified atom stereocenters. The molecule has 0 atom stereocenters. The number of carbonyl (C=O) groups excluding carboxylic acids is 3. The second-order valence-corrected chi connectivity index (χ2v) is 10.3. The van der Waals surface area contributed by atoms with Gasteiger partial charge in [-0.3, -0.25) is 14.4 Å². The summed E-state index contributed by atoms with van der Waals surface area (Å²) in [7, 11) is 0.575. The van der Waals surface area contributed by atoms with Crippen molar-refractivity contribution in [1.29, 1.82) is 0 Å². The van der Waals surface area contributed by atoms with Gasteiger partial charge in [-0.1, -0.05) is 6.07 Å². The number of carbonyl (C=O) groups is 3. The quantitative estimate of drug-likeness (QED) is 0.181. The summed E-state index contributed by atoms with van der Waals surface area (Å²) >= 11 is 1.02. The molecule has 0 bridgehead atoms. The number of amides is 3. The van der Waals surface area contributed by atoms with Gasteiger partial charge < -0.3 is 15.5 Å². The first-order valence-electron chi connectivity index (χ1n) is 10.8. The van der Waals surface area contributed by atoms with Crippen LogP contribution in [-0.2, 0) is 15.3 Å². The molecule has 0 spiro atoms. The van der Waals surface area contributed by atoms with Gasteiger partial charge in [0, 0.05) is 22.0 Å². The summed E-state index contributed by atoms with van der Waals surface area (Å²) in [4.78, 5) is 34.9. The molecular formula is C22H12BrF14N3O3S. The Balaban J connectivity index is 2.53. The molecule has 6 nitrogen and oxygen atoms in total. The zero-order valence-corrected chi connectivity index (χ0v) is 23.2. The first-order chi connectivity index (χ1) is 19.7. The fourth-order valence-corrected chi connectivity index (χ4v) is 4.66. The standard InChI is InChI=1S/C22H12BrF14N3O3S/c1-40(7-18(25,26)27)17(43)16(42)38-11-4-2-3-9(13(11)24)15(41)39-14-10(23)5-8(6-12(14)44-22(35,36)37)19(28,20(29,30)31)21(32,33)34/h2-6H,7H2,1H3,(H,38,42)(H,39,41). The van der Waals surface area contributed by atoms with Crippen LogP contribution in [-0.4, -0.2) is 60.3 Å². The van der Waals surface area contributed by atoms with Gasteiger partial charge in [0.2, 0.25) is 0 Å². The zero-order valence-electron chi connectivity index (χ0n) is 20.8. The topological polar surface area (TPSA) is 78.5 Å². The minimum Gasteiger partial charge on any atom is -0.328 e. The van der Waals surface area contributed by atoms with Crippen molar-refractivity contribution in [3.63, 3.8) is 0 Å². The Morgan fingerprint density at radius 2 is 1.41 bits per heavy atom. The zero-order chi connectivity index (χ0) is 34.2. The number of nitrogens with zero attached hydrogens (tertiary/aromatic N) is 1. The van der Waals surface area contributed by atoms with Crippen LogP contribution < -0.4 is 10.6 Å². The van der Waals surface area contributed by atoms with Crippen molar-refractivity contribution in [3.05, 3.63) is 51.7 Å². The Morgan fingerprint density at radius 1 is 0.864 bits per heavy atom. The molecule has 44 heavy (non-hydrogen) atoms.